The summed E-state index contributed by atoms with van der Waals surface area (Å²) in [7, 11) is 0. The number of hydrogen-bond donors (Lipinski definition) is 1. The maximum Gasteiger partial charge on any atom is 1.00 e. The Morgan fingerprint density at radius 1 is 1.53 bits per heavy atom. The van der Waals surface area contributed by atoms with Gasteiger partial charge in [0.1, 0.15) is 11.5 Å². The van der Waals surface area contributed by atoms with Gasteiger partial charge in [-0.2, -0.15) is 0 Å². The van der Waals surface area contributed by atoms with E-state index >= 15 is 0 Å². The van der Waals surface area contributed by atoms with Crippen molar-refractivity contribution >= 4 is 11.8 Å². The molecule has 1 aromatic heterocycles. The van der Waals surface area contributed by atoms with E-state index < -0.39 is 5.97 Å². The van der Waals surface area contributed by atoms with Crippen LogP contribution in [0.25, 0.3) is 0 Å². The minimum atomic E-state index is -0.959. The fourth-order valence-electron chi connectivity index (χ4n) is 1.69. The van der Waals surface area contributed by atoms with Gasteiger partial charge in [-0.05, 0) is 19.1 Å². The van der Waals surface area contributed by atoms with Crippen molar-refractivity contribution in [2.45, 2.75) is 6.92 Å². The standard InChI is InChI=1S/C11H13N3O2.Na/c1-2-14-6-5-12-10(14)9-4-3-8(7-13-9)11(15)16;/h3-4,7H,2,5-6H2,1H3,(H,15,16);/q;+1. The normalized spacial score (nSPS) is 14.2. The maximum atomic E-state index is 10.7. The average Bonchev–Trinajstić information content (AvgIpc) is 2.77. The number of aromatic carboxylic acids is 1. The Morgan fingerprint density at radius 2 is 2.29 bits per heavy atom. The number of pyridine rings is 1. The molecule has 0 aromatic carbocycles. The van der Waals surface area contributed by atoms with Crippen molar-refractivity contribution in [1.82, 2.24) is 9.88 Å². The number of aliphatic imine (C=N–C) groups is 1. The van der Waals surface area contributed by atoms with Gasteiger partial charge >= 0.3 is 35.5 Å². The molecule has 0 atom stereocenters. The smallest absolute Gasteiger partial charge is 0.478 e. The van der Waals surface area contributed by atoms with Gasteiger partial charge in [-0.1, -0.05) is 0 Å². The molecule has 0 aliphatic carbocycles. The van der Waals surface area contributed by atoms with Crippen LogP contribution in [-0.2, 0) is 0 Å². The predicted molar refractivity (Wildman–Crippen MR) is 59.8 cm³/mol. The SMILES string of the molecule is CCN1CCN=C1c1ccc(C(=O)O)cn1.[Na+]. The summed E-state index contributed by atoms with van der Waals surface area (Å²) in [5.41, 5.74) is 0.940. The first-order valence-electron chi connectivity index (χ1n) is 5.21. The number of aromatic nitrogens is 1. The number of hydrogen-bond acceptors (Lipinski definition) is 4. The van der Waals surface area contributed by atoms with Crippen molar-refractivity contribution in [3.05, 3.63) is 29.6 Å². The molecule has 2 rings (SSSR count). The van der Waals surface area contributed by atoms with Gasteiger partial charge in [0.05, 0.1) is 12.1 Å². The molecule has 17 heavy (non-hydrogen) atoms. The van der Waals surface area contributed by atoms with E-state index in [0.717, 1.165) is 31.2 Å². The summed E-state index contributed by atoms with van der Waals surface area (Å²) in [4.78, 5) is 21.3. The molecule has 0 saturated carbocycles. The van der Waals surface area contributed by atoms with Gasteiger partial charge in [0.2, 0.25) is 0 Å². The topological polar surface area (TPSA) is 65.8 Å². The van der Waals surface area contributed by atoms with Gasteiger partial charge in [-0.3, -0.25) is 9.98 Å². The first kappa shape index (κ1) is 14.2. The second kappa shape index (κ2) is 6.14. The van der Waals surface area contributed by atoms with Crippen LogP contribution < -0.4 is 29.6 Å². The molecule has 0 unspecified atom stereocenters. The second-order valence-electron chi connectivity index (χ2n) is 3.52. The molecule has 0 radical (unpaired) electrons. The monoisotopic (exact) mass is 242 g/mol. The van der Waals surface area contributed by atoms with E-state index in [2.05, 4.69) is 21.8 Å². The van der Waals surface area contributed by atoms with Crippen LogP contribution in [0.4, 0.5) is 0 Å². The number of carboxylic acid groups (broad SMARTS) is 1. The molecular weight excluding hydrogens is 229 g/mol. The molecule has 84 valence electrons. The summed E-state index contributed by atoms with van der Waals surface area (Å²) >= 11 is 0. The molecule has 1 aliphatic heterocycles. The summed E-state index contributed by atoms with van der Waals surface area (Å²) in [6, 6.07) is 3.26. The zero-order valence-corrected chi connectivity index (χ0v) is 12.1. The van der Waals surface area contributed by atoms with Crippen LogP contribution in [0.5, 0.6) is 0 Å². The number of nitrogens with zero attached hydrogens (tertiary/aromatic N) is 3. The molecule has 1 N–H and O–H groups in total. The molecule has 1 aromatic rings. The van der Waals surface area contributed by atoms with Crippen LogP contribution in [0.3, 0.4) is 0 Å². The van der Waals surface area contributed by atoms with Gasteiger partial charge < -0.3 is 10.0 Å². The zero-order chi connectivity index (χ0) is 11.5. The van der Waals surface area contributed by atoms with Crippen molar-refractivity contribution < 1.29 is 39.5 Å². The molecule has 0 spiro atoms. The first-order valence-corrected chi connectivity index (χ1v) is 5.21. The molecule has 0 fully saturated rings. The Kier molecular flexibility index (Phi) is 5.11. The maximum absolute atomic E-state index is 10.7. The van der Waals surface area contributed by atoms with Crippen LogP contribution in [0.1, 0.15) is 23.0 Å². The first-order chi connectivity index (χ1) is 7.72. The number of carboxylic acids is 1. The Labute approximate surface area is 122 Å². The Balaban J connectivity index is 0.00000144. The molecular formula is C11H13N3NaO2+. The van der Waals surface area contributed by atoms with E-state index in [-0.39, 0.29) is 35.1 Å². The summed E-state index contributed by atoms with van der Waals surface area (Å²) < 4.78 is 0. The fourth-order valence-corrected chi connectivity index (χ4v) is 1.69. The average molecular weight is 242 g/mol. The Bertz CT molecular complexity index is 431. The van der Waals surface area contributed by atoms with Crippen molar-refractivity contribution in [2.24, 2.45) is 4.99 Å². The minimum absolute atomic E-state index is 0. The van der Waals surface area contributed by atoms with Crippen molar-refractivity contribution in [2.75, 3.05) is 19.6 Å². The van der Waals surface area contributed by atoms with E-state index in [1.54, 1.807) is 12.1 Å². The van der Waals surface area contributed by atoms with Gasteiger partial charge in [-0.25, -0.2) is 4.79 Å². The van der Waals surface area contributed by atoms with Crippen LogP contribution in [0, 0.1) is 0 Å². The predicted octanol–water partition coefficient (Wildman–Crippen LogP) is -2.13. The molecule has 0 amide bonds. The van der Waals surface area contributed by atoms with E-state index in [1.165, 1.54) is 6.20 Å². The third kappa shape index (κ3) is 3.06. The van der Waals surface area contributed by atoms with Crippen LogP contribution in [0.2, 0.25) is 0 Å². The third-order valence-electron chi connectivity index (χ3n) is 2.55. The minimum Gasteiger partial charge on any atom is -0.478 e. The zero-order valence-electron chi connectivity index (χ0n) is 10.1. The van der Waals surface area contributed by atoms with Crippen LogP contribution >= 0.6 is 0 Å². The number of likely N-dealkylation sites (N-methyl/N-ethyl adjacent to an activating group) is 1. The molecule has 2 heterocycles. The van der Waals surface area contributed by atoms with Crippen molar-refractivity contribution in [3.8, 4) is 0 Å². The Morgan fingerprint density at radius 3 is 2.82 bits per heavy atom. The molecule has 1 aliphatic rings. The van der Waals surface area contributed by atoms with E-state index in [1.807, 2.05) is 0 Å². The largest absolute Gasteiger partial charge is 1.00 e. The van der Waals surface area contributed by atoms with Gasteiger partial charge in [0.25, 0.3) is 0 Å². The molecule has 6 heteroatoms. The van der Waals surface area contributed by atoms with Gasteiger partial charge in [0.15, 0.2) is 0 Å². The van der Waals surface area contributed by atoms with Gasteiger partial charge in [0, 0.05) is 19.3 Å². The third-order valence-corrected chi connectivity index (χ3v) is 2.55. The van der Waals surface area contributed by atoms with Gasteiger partial charge in [-0.15, -0.1) is 0 Å². The van der Waals surface area contributed by atoms with Crippen molar-refractivity contribution in [3.63, 3.8) is 0 Å². The van der Waals surface area contributed by atoms with Crippen molar-refractivity contribution in [1.29, 1.82) is 0 Å². The fraction of sp³-hybridized carbons (Fsp3) is 0.364. The van der Waals surface area contributed by atoms with Crippen LogP contribution in [-0.4, -0.2) is 46.4 Å². The molecule has 5 nitrogen and oxygen atoms in total. The summed E-state index contributed by atoms with van der Waals surface area (Å²) in [6.07, 6.45) is 1.37. The summed E-state index contributed by atoms with van der Waals surface area (Å²) in [6.45, 7) is 4.65. The second-order valence-corrected chi connectivity index (χ2v) is 3.52. The molecule has 0 bridgehead atoms. The quantitative estimate of drug-likeness (QED) is 0.615. The number of carbonyl (C=O) groups is 1. The number of amidine groups is 1. The summed E-state index contributed by atoms with van der Waals surface area (Å²) in [5.74, 6) is -0.0980. The Hall–Kier alpha value is -0.910. The number of rotatable bonds is 3. The van der Waals surface area contributed by atoms with Crippen LogP contribution in [0.15, 0.2) is 23.3 Å². The van der Waals surface area contributed by atoms with E-state index in [4.69, 9.17) is 5.11 Å². The summed E-state index contributed by atoms with van der Waals surface area (Å²) in [5, 5.41) is 8.76. The van der Waals surface area contributed by atoms with E-state index in [0.29, 0.717) is 0 Å². The van der Waals surface area contributed by atoms with E-state index in [9.17, 15) is 4.79 Å². The molecule has 0 saturated heterocycles.